The summed E-state index contributed by atoms with van der Waals surface area (Å²) in [5.41, 5.74) is 4.16. The van der Waals surface area contributed by atoms with Gasteiger partial charge in [0.15, 0.2) is 6.04 Å². The quantitative estimate of drug-likeness (QED) is 0.604. The van der Waals surface area contributed by atoms with Crippen LogP contribution in [-0.2, 0) is 9.53 Å². The van der Waals surface area contributed by atoms with Crippen LogP contribution in [0.25, 0.3) is 6.08 Å². The van der Waals surface area contributed by atoms with Gasteiger partial charge in [0.05, 0.1) is 13.2 Å². The molecule has 0 saturated carbocycles. The van der Waals surface area contributed by atoms with Crippen LogP contribution in [0.15, 0.2) is 91.0 Å². The van der Waals surface area contributed by atoms with Crippen LogP contribution in [0.2, 0.25) is 0 Å². The van der Waals surface area contributed by atoms with Gasteiger partial charge in [0.2, 0.25) is 0 Å². The summed E-state index contributed by atoms with van der Waals surface area (Å²) in [6, 6.07) is 27.6. The zero-order chi connectivity index (χ0) is 18.6. The number of anilines is 1. The Morgan fingerprint density at radius 3 is 2.22 bits per heavy atom. The Labute approximate surface area is 159 Å². The minimum Gasteiger partial charge on any atom is -0.467 e. The molecule has 0 bridgehead atoms. The van der Waals surface area contributed by atoms with Gasteiger partial charge in [0.1, 0.15) is 0 Å². The van der Waals surface area contributed by atoms with Gasteiger partial charge in [-0.25, -0.2) is 4.79 Å². The fraction of sp³-hybridized carbons (Fsp3) is 0.125. The average molecular weight is 355 g/mol. The normalized spacial score (nSPS) is 16.5. The lowest BCUT2D eigenvalue weighted by molar-refractivity contribution is -0.142. The molecule has 3 aromatic carbocycles. The third-order valence-corrected chi connectivity index (χ3v) is 4.93. The van der Waals surface area contributed by atoms with E-state index in [-0.39, 0.29) is 12.0 Å². The lowest BCUT2D eigenvalue weighted by atomic mass is 9.93. The third-order valence-electron chi connectivity index (χ3n) is 4.93. The fourth-order valence-electron chi connectivity index (χ4n) is 3.68. The van der Waals surface area contributed by atoms with Crippen molar-refractivity contribution in [1.82, 2.24) is 0 Å². The van der Waals surface area contributed by atoms with Crippen molar-refractivity contribution in [2.75, 3.05) is 12.0 Å². The molecule has 1 aliphatic heterocycles. The molecule has 3 aromatic rings. The Hall–Kier alpha value is -3.33. The summed E-state index contributed by atoms with van der Waals surface area (Å²) in [6.07, 6.45) is 4.28. The molecule has 27 heavy (non-hydrogen) atoms. The van der Waals surface area contributed by atoms with Crippen molar-refractivity contribution in [2.24, 2.45) is 0 Å². The van der Waals surface area contributed by atoms with Crippen molar-refractivity contribution >= 4 is 17.7 Å². The minimum atomic E-state index is -0.535. The standard InChI is InChI=1S/C24H21NO2/c1-27-24(26)23(20-13-6-3-7-14-20)25-21-15-9-8-12-19(21)16-17-22(25)18-10-4-2-5-11-18/h2-17,22-23H,1H3/t22-,23?/m0/s1. The summed E-state index contributed by atoms with van der Waals surface area (Å²) >= 11 is 0. The van der Waals surface area contributed by atoms with Gasteiger partial charge in [-0.05, 0) is 22.8 Å². The maximum absolute atomic E-state index is 12.9. The zero-order valence-electron chi connectivity index (χ0n) is 15.2. The number of para-hydroxylation sites is 1. The number of ether oxygens (including phenoxy) is 1. The Morgan fingerprint density at radius 2 is 1.52 bits per heavy atom. The number of hydrogen-bond acceptors (Lipinski definition) is 3. The summed E-state index contributed by atoms with van der Waals surface area (Å²) in [5, 5.41) is 0. The first-order valence-electron chi connectivity index (χ1n) is 9.03. The number of hydrogen-bond donors (Lipinski definition) is 0. The van der Waals surface area contributed by atoms with Crippen molar-refractivity contribution in [3.8, 4) is 0 Å². The second-order valence-corrected chi connectivity index (χ2v) is 6.52. The highest BCUT2D eigenvalue weighted by molar-refractivity contribution is 5.85. The number of carbonyl (C=O) groups is 1. The lowest BCUT2D eigenvalue weighted by Crippen LogP contribution is -2.38. The van der Waals surface area contributed by atoms with Crippen molar-refractivity contribution in [3.05, 3.63) is 108 Å². The first kappa shape index (κ1) is 17.1. The SMILES string of the molecule is COC(=O)C(c1ccccc1)N1c2ccccc2C=C[C@H]1c1ccccc1. The molecule has 0 saturated heterocycles. The van der Waals surface area contributed by atoms with Gasteiger partial charge in [-0.2, -0.15) is 0 Å². The van der Waals surface area contributed by atoms with Crippen LogP contribution in [0, 0.1) is 0 Å². The van der Waals surface area contributed by atoms with Crippen molar-refractivity contribution in [2.45, 2.75) is 12.1 Å². The number of benzene rings is 3. The second kappa shape index (κ2) is 7.50. The zero-order valence-corrected chi connectivity index (χ0v) is 15.2. The monoisotopic (exact) mass is 355 g/mol. The van der Waals surface area contributed by atoms with Crippen molar-refractivity contribution < 1.29 is 9.53 Å². The molecular formula is C24H21NO2. The highest BCUT2D eigenvalue weighted by Gasteiger charge is 2.36. The van der Waals surface area contributed by atoms with Gasteiger partial charge in [-0.1, -0.05) is 91.0 Å². The molecule has 3 nitrogen and oxygen atoms in total. The maximum atomic E-state index is 12.9. The molecule has 0 radical (unpaired) electrons. The van der Waals surface area contributed by atoms with E-state index in [1.54, 1.807) is 0 Å². The summed E-state index contributed by atoms with van der Waals surface area (Å²) in [5.74, 6) is -0.271. The summed E-state index contributed by atoms with van der Waals surface area (Å²) in [4.78, 5) is 15.1. The van der Waals surface area contributed by atoms with Crippen LogP contribution in [0.5, 0.6) is 0 Å². The first-order chi connectivity index (χ1) is 13.3. The van der Waals surface area contributed by atoms with Gasteiger partial charge in [0.25, 0.3) is 0 Å². The molecule has 0 N–H and O–H groups in total. The minimum absolute atomic E-state index is 0.0644. The van der Waals surface area contributed by atoms with Crippen LogP contribution in [0.4, 0.5) is 5.69 Å². The van der Waals surface area contributed by atoms with E-state index in [0.29, 0.717) is 0 Å². The molecule has 1 unspecified atom stereocenters. The average Bonchev–Trinajstić information content (AvgIpc) is 2.75. The number of nitrogens with zero attached hydrogens (tertiary/aromatic N) is 1. The van der Waals surface area contributed by atoms with E-state index in [1.165, 1.54) is 7.11 Å². The fourth-order valence-corrected chi connectivity index (χ4v) is 3.68. The molecule has 0 spiro atoms. The van der Waals surface area contributed by atoms with Crippen LogP contribution in [0.3, 0.4) is 0 Å². The lowest BCUT2D eigenvalue weighted by Gasteiger charge is -2.40. The van der Waals surface area contributed by atoms with E-state index >= 15 is 0 Å². The number of fused-ring (bicyclic) bond motifs is 1. The van der Waals surface area contributed by atoms with Crippen LogP contribution in [0.1, 0.15) is 28.8 Å². The summed E-state index contributed by atoms with van der Waals surface area (Å²) < 4.78 is 5.21. The third kappa shape index (κ3) is 3.24. The number of esters is 1. The molecule has 1 heterocycles. The van der Waals surface area contributed by atoms with Crippen molar-refractivity contribution in [3.63, 3.8) is 0 Å². The van der Waals surface area contributed by atoms with E-state index in [9.17, 15) is 4.79 Å². The first-order valence-corrected chi connectivity index (χ1v) is 9.03. The molecule has 1 aliphatic rings. The van der Waals surface area contributed by atoms with Gasteiger partial charge in [-0.3, -0.25) is 0 Å². The Bertz CT molecular complexity index is 950. The predicted octanol–water partition coefficient (Wildman–Crippen LogP) is 5.18. The van der Waals surface area contributed by atoms with Crippen LogP contribution in [-0.4, -0.2) is 13.1 Å². The number of rotatable bonds is 4. The van der Waals surface area contributed by atoms with Gasteiger partial charge in [-0.15, -0.1) is 0 Å². The predicted molar refractivity (Wildman–Crippen MR) is 108 cm³/mol. The van der Waals surface area contributed by atoms with Gasteiger partial charge < -0.3 is 9.64 Å². The van der Waals surface area contributed by atoms with E-state index in [4.69, 9.17) is 4.74 Å². The van der Waals surface area contributed by atoms with E-state index in [2.05, 4.69) is 41.3 Å². The van der Waals surface area contributed by atoms with Gasteiger partial charge in [0, 0.05) is 5.69 Å². The Balaban J connectivity index is 1.90. The molecular weight excluding hydrogens is 334 g/mol. The molecule has 2 atom stereocenters. The van der Waals surface area contributed by atoms with Crippen LogP contribution >= 0.6 is 0 Å². The largest absolute Gasteiger partial charge is 0.467 e. The summed E-state index contributed by atoms with van der Waals surface area (Å²) in [6.45, 7) is 0. The molecule has 3 heteroatoms. The number of carbonyl (C=O) groups excluding carboxylic acids is 1. The molecule has 134 valence electrons. The molecule has 0 amide bonds. The molecule has 0 fully saturated rings. The molecule has 0 aromatic heterocycles. The van der Waals surface area contributed by atoms with Crippen LogP contribution < -0.4 is 4.90 Å². The second-order valence-electron chi connectivity index (χ2n) is 6.52. The Morgan fingerprint density at radius 1 is 0.889 bits per heavy atom. The van der Waals surface area contributed by atoms with E-state index in [1.807, 2.05) is 60.7 Å². The van der Waals surface area contributed by atoms with Gasteiger partial charge >= 0.3 is 5.97 Å². The molecule has 0 aliphatic carbocycles. The van der Waals surface area contributed by atoms with E-state index < -0.39 is 6.04 Å². The van der Waals surface area contributed by atoms with E-state index in [0.717, 1.165) is 22.4 Å². The Kier molecular flexibility index (Phi) is 4.75. The summed E-state index contributed by atoms with van der Waals surface area (Å²) in [7, 11) is 1.45. The smallest absolute Gasteiger partial charge is 0.333 e. The van der Waals surface area contributed by atoms with Crippen molar-refractivity contribution in [1.29, 1.82) is 0 Å². The molecule has 4 rings (SSSR count). The maximum Gasteiger partial charge on any atom is 0.333 e. The number of methoxy groups -OCH3 is 1. The highest BCUT2D eigenvalue weighted by atomic mass is 16.5. The topological polar surface area (TPSA) is 29.5 Å². The highest BCUT2D eigenvalue weighted by Crippen LogP contribution is 2.42.